The lowest BCUT2D eigenvalue weighted by molar-refractivity contribution is 0.750. The second-order valence-corrected chi connectivity index (χ2v) is 7.24. The van der Waals surface area contributed by atoms with E-state index in [-0.39, 0.29) is 6.04 Å². The predicted molar refractivity (Wildman–Crippen MR) is 98.8 cm³/mol. The zero-order valence-corrected chi connectivity index (χ0v) is 14.5. The van der Waals surface area contributed by atoms with E-state index < -0.39 is 0 Å². The molecule has 1 aliphatic rings. The third-order valence-electron chi connectivity index (χ3n) is 4.05. The Morgan fingerprint density at radius 2 is 2.33 bits per heavy atom. The van der Waals surface area contributed by atoms with Crippen LogP contribution in [-0.2, 0) is 6.54 Å². The molecule has 3 aromatic rings. The van der Waals surface area contributed by atoms with Gasteiger partial charge in [-0.2, -0.15) is 4.98 Å². The fraction of sp³-hybridized carbons (Fsp3) is 0.312. The summed E-state index contributed by atoms with van der Waals surface area (Å²) in [5, 5.41) is 6.78. The Hall–Kier alpha value is -1.96. The van der Waals surface area contributed by atoms with Crippen LogP contribution in [0.5, 0.6) is 0 Å². The van der Waals surface area contributed by atoms with E-state index in [1.807, 2.05) is 6.07 Å². The van der Waals surface area contributed by atoms with Gasteiger partial charge in [0.05, 0.1) is 18.3 Å². The van der Waals surface area contributed by atoms with Crippen LogP contribution in [0.2, 0.25) is 5.15 Å². The van der Waals surface area contributed by atoms with Crippen molar-refractivity contribution in [2.75, 3.05) is 23.3 Å². The fourth-order valence-corrected chi connectivity index (χ4v) is 3.63. The lowest BCUT2D eigenvalue weighted by Gasteiger charge is -2.18. The van der Waals surface area contributed by atoms with Gasteiger partial charge in [-0.3, -0.25) is 0 Å². The molecule has 3 aromatic heterocycles. The number of thiophene rings is 1. The van der Waals surface area contributed by atoms with Gasteiger partial charge in [0, 0.05) is 29.4 Å². The second-order valence-electron chi connectivity index (χ2n) is 5.82. The normalized spacial score (nSPS) is 17.6. The standard InChI is InChI=1S/C16H17ClN6S/c17-14-6-12-13(8-19-14)21-16(23-4-3-10(18)9-23)22-15(12)20-7-11-2-1-5-24-11/h1-2,5-6,8,10H,3-4,7,9,18H2,(H,20,21,22). The number of pyridine rings is 1. The number of aromatic nitrogens is 3. The van der Waals surface area contributed by atoms with Crippen LogP contribution < -0.4 is 16.0 Å². The number of rotatable bonds is 4. The van der Waals surface area contributed by atoms with Crippen LogP contribution in [0.15, 0.2) is 29.8 Å². The minimum absolute atomic E-state index is 0.176. The number of anilines is 2. The molecular formula is C16H17ClN6S. The molecule has 1 fully saturated rings. The minimum atomic E-state index is 0.176. The van der Waals surface area contributed by atoms with E-state index in [9.17, 15) is 0 Å². The summed E-state index contributed by atoms with van der Waals surface area (Å²) in [6, 6.07) is 6.11. The molecule has 3 N–H and O–H groups in total. The van der Waals surface area contributed by atoms with E-state index in [0.717, 1.165) is 36.2 Å². The maximum Gasteiger partial charge on any atom is 0.228 e. The molecule has 8 heteroatoms. The summed E-state index contributed by atoms with van der Waals surface area (Å²) in [5.41, 5.74) is 6.79. The SMILES string of the molecule is NC1CCN(c2nc(NCc3cccs3)c3cc(Cl)ncc3n2)C1. The van der Waals surface area contributed by atoms with Crippen LogP contribution in [0.4, 0.5) is 11.8 Å². The van der Waals surface area contributed by atoms with E-state index >= 15 is 0 Å². The Labute approximate surface area is 148 Å². The number of halogens is 1. The highest BCUT2D eigenvalue weighted by Crippen LogP contribution is 2.27. The largest absolute Gasteiger partial charge is 0.364 e. The average molecular weight is 361 g/mol. The molecular weight excluding hydrogens is 344 g/mol. The highest BCUT2D eigenvalue weighted by molar-refractivity contribution is 7.09. The van der Waals surface area contributed by atoms with Crippen molar-refractivity contribution < 1.29 is 0 Å². The molecule has 0 aromatic carbocycles. The third kappa shape index (κ3) is 3.15. The number of nitrogens with one attached hydrogen (secondary N) is 1. The summed E-state index contributed by atoms with van der Waals surface area (Å²) in [4.78, 5) is 16.9. The third-order valence-corrected chi connectivity index (χ3v) is 5.14. The minimum Gasteiger partial charge on any atom is -0.364 e. The monoisotopic (exact) mass is 360 g/mol. The Bertz CT molecular complexity index is 853. The number of nitrogens with two attached hydrogens (primary N) is 1. The molecule has 6 nitrogen and oxygen atoms in total. The van der Waals surface area contributed by atoms with Gasteiger partial charge in [-0.1, -0.05) is 17.7 Å². The van der Waals surface area contributed by atoms with Gasteiger partial charge in [0.1, 0.15) is 11.0 Å². The molecule has 0 saturated carbocycles. The summed E-state index contributed by atoms with van der Waals surface area (Å²) in [6.07, 6.45) is 2.65. The van der Waals surface area contributed by atoms with Crippen molar-refractivity contribution >= 4 is 45.6 Å². The number of fused-ring (bicyclic) bond motifs is 1. The van der Waals surface area contributed by atoms with Crippen molar-refractivity contribution in [3.63, 3.8) is 0 Å². The van der Waals surface area contributed by atoms with Crippen molar-refractivity contribution in [2.45, 2.75) is 19.0 Å². The van der Waals surface area contributed by atoms with E-state index in [0.29, 0.717) is 17.6 Å². The van der Waals surface area contributed by atoms with Gasteiger partial charge >= 0.3 is 0 Å². The van der Waals surface area contributed by atoms with Crippen molar-refractivity contribution in [1.82, 2.24) is 15.0 Å². The summed E-state index contributed by atoms with van der Waals surface area (Å²) in [5.74, 6) is 1.46. The van der Waals surface area contributed by atoms with Gasteiger partial charge in [-0.05, 0) is 23.9 Å². The summed E-state index contributed by atoms with van der Waals surface area (Å²) < 4.78 is 0. The molecule has 1 saturated heterocycles. The van der Waals surface area contributed by atoms with Crippen molar-refractivity contribution in [3.8, 4) is 0 Å². The Morgan fingerprint density at radius 3 is 3.08 bits per heavy atom. The predicted octanol–water partition coefficient (Wildman–Crippen LogP) is 2.89. The Kier molecular flexibility index (Phi) is 4.22. The first-order chi connectivity index (χ1) is 11.7. The summed E-state index contributed by atoms with van der Waals surface area (Å²) in [7, 11) is 0. The van der Waals surface area contributed by atoms with Crippen molar-refractivity contribution in [2.24, 2.45) is 5.73 Å². The molecule has 0 aliphatic carbocycles. The van der Waals surface area contributed by atoms with E-state index in [2.05, 4.69) is 31.6 Å². The smallest absolute Gasteiger partial charge is 0.228 e. The molecule has 0 spiro atoms. The molecule has 0 bridgehead atoms. The van der Waals surface area contributed by atoms with Gasteiger partial charge < -0.3 is 16.0 Å². The van der Waals surface area contributed by atoms with Crippen LogP contribution in [0.25, 0.3) is 10.9 Å². The van der Waals surface area contributed by atoms with Crippen LogP contribution in [0.3, 0.4) is 0 Å². The molecule has 1 unspecified atom stereocenters. The molecule has 124 valence electrons. The molecule has 1 atom stereocenters. The second kappa shape index (κ2) is 6.51. The Balaban J connectivity index is 1.71. The lowest BCUT2D eigenvalue weighted by Crippen LogP contribution is -2.27. The zero-order chi connectivity index (χ0) is 16.5. The Morgan fingerprint density at radius 1 is 1.42 bits per heavy atom. The first-order valence-electron chi connectivity index (χ1n) is 7.79. The van der Waals surface area contributed by atoms with E-state index in [1.54, 1.807) is 23.6 Å². The molecule has 24 heavy (non-hydrogen) atoms. The van der Waals surface area contributed by atoms with Crippen molar-refractivity contribution in [1.29, 1.82) is 0 Å². The topological polar surface area (TPSA) is 80.0 Å². The van der Waals surface area contributed by atoms with E-state index in [4.69, 9.17) is 22.3 Å². The molecule has 4 heterocycles. The summed E-state index contributed by atoms with van der Waals surface area (Å²) in [6.45, 7) is 2.36. The first kappa shape index (κ1) is 15.6. The van der Waals surface area contributed by atoms with Crippen LogP contribution in [0, 0.1) is 0 Å². The summed E-state index contributed by atoms with van der Waals surface area (Å²) >= 11 is 7.77. The van der Waals surface area contributed by atoms with Gasteiger partial charge in [-0.25, -0.2) is 9.97 Å². The van der Waals surface area contributed by atoms with Gasteiger partial charge in [0.2, 0.25) is 5.95 Å². The van der Waals surface area contributed by atoms with Crippen LogP contribution in [0.1, 0.15) is 11.3 Å². The molecule has 1 aliphatic heterocycles. The number of hydrogen-bond acceptors (Lipinski definition) is 7. The highest BCUT2D eigenvalue weighted by atomic mass is 35.5. The molecule has 0 amide bonds. The lowest BCUT2D eigenvalue weighted by atomic mass is 10.3. The van der Waals surface area contributed by atoms with Gasteiger partial charge in [-0.15, -0.1) is 11.3 Å². The van der Waals surface area contributed by atoms with Crippen molar-refractivity contribution in [3.05, 3.63) is 39.8 Å². The van der Waals surface area contributed by atoms with Gasteiger partial charge in [0.25, 0.3) is 0 Å². The fourth-order valence-electron chi connectivity index (χ4n) is 2.82. The van der Waals surface area contributed by atoms with Crippen LogP contribution in [-0.4, -0.2) is 34.1 Å². The molecule has 0 radical (unpaired) electrons. The quantitative estimate of drug-likeness (QED) is 0.696. The maximum atomic E-state index is 6.06. The van der Waals surface area contributed by atoms with Gasteiger partial charge in [0.15, 0.2) is 0 Å². The highest BCUT2D eigenvalue weighted by Gasteiger charge is 2.22. The maximum absolute atomic E-state index is 6.06. The number of nitrogens with zero attached hydrogens (tertiary/aromatic N) is 4. The number of hydrogen-bond donors (Lipinski definition) is 2. The first-order valence-corrected chi connectivity index (χ1v) is 9.05. The molecule has 4 rings (SSSR count). The average Bonchev–Trinajstić information content (AvgIpc) is 3.24. The zero-order valence-electron chi connectivity index (χ0n) is 12.9. The van der Waals surface area contributed by atoms with E-state index in [1.165, 1.54) is 4.88 Å². The van der Waals surface area contributed by atoms with Crippen LogP contribution >= 0.6 is 22.9 Å².